The highest BCUT2D eigenvalue weighted by Crippen LogP contribution is 2.30. The number of fused-ring (bicyclic) bond motifs is 1. The standard InChI is InChI=1S/C15H21N3O5/c1-2-3-6-21-7-8-22-14(20)9-18-13(19)10-23-11-4-5-12(16)17-15(11)18/h4-5H,2-3,6-10H2,1H3,(H2,16,17). The predicted octanol–water partition coefficient (Wildman–Crippen LogP) is 0.749. The second-order valence-electron chi connectivity index (χ2n) is 5.01. The number of nitrogen functional groups attached to an aromatic ring is 1. The Labute approximate surface area is 134 Å². The Morgan fingerprint density at radius 3 is 3.00 bits per heavy atom. The summed E-state index contributed by atoms with van der Waals surface area (Å²) in [5, 5.41) is 0. The molecule has 1 aromatic heterocycles. The van der Waals surface area contributed by atoms with Gasteiger partial charge in [-0.15, -0.1) is 0 Å². The van der Waals surface area contributed by atoms with Crippen LogP contribution in [0.25, 0.3) is 0 Å². The van der Waals surface area contributed by atoms with Crippen LogP contribution < -0.4 is 15.4 Å². The maximum Gasteiger partial charge on any atom is 0.326 e. The quantitative estimate of drug-likeness (QED) is 0.556. The zero-order valence-electron chi connectivity index (χ0n) is 13.1. The van der Waals surface area contributed by atoms with Gasteiger partial charge in [-0.1, -0.05) is 13.3 Å². The van der Waals surface area contributed by atoms with Crippen molar-refractivity contribution in [2.75, 3.05) is 43.6 Å². The van der Waals surface area contributed by atoms with Gasteiger partial charge >= 0.3 is 5.97 Å². The summed E-state index contributed by atoms with van der Waals surface area (Å²) in [5.41, 5.74) is 5.62. The summed E-state index contributed by atoms with van der Waals surface area (Å²) in [5.74, 6) is -0.0158. The molecule has 0 spiro atoms. The van der Waals surface area contributed by atoms with Gasteiger partial charge in [0, 0.05) is 6.61 Å². The van der Waals surface area contributed by atoms with Crippen LogP contribution in [-0.4, -0.2) is 49.8 Å². The number of anilines is 2. The molecule has 2 rings (SSSR count). The van der Waals surface area contributed by atoms with E-state index in [0.717, 1.165) is 12.8 Å². The fourth-order valence-corrected chi connectivity index (χ4v) is 1.99. The molecule has 0 saturated carbocycles. The number of pyridine rings is 1. The first-order valence-corrected chi connectivity index (χ1v) is 7.55. The molecule has 0 saturated heterocycles. The molecule has 8 nitrogen and oxygen atoms in total. The lowest BCUT2D eigenvalue weighted by molar-refractivity contribution is -0.144. The Morgan fingerprint density at radius 1 is 1.39 bits per heavy atom. The summed E-state index contributed by atoms with van der Waals surface area (Å²) in [4.78, 5) is 29.1. The van der Waals surface area contributed by atoms with Crippen molar-refractivity contribution >= 4 is 23.5 Å². The van der Waals surface area contributed by atoms with Gasteiger partial charge in [-0.3, -0.25) is 14.5 Å². The Morgan fingerprint density at radius 2 is 2.22 bits per heavy atom. The Hall–Kier alpha value is -2.35. The predicted molar refractivity (Wildman–Crippen MR) is 83.2 cm³/mol. The third-order valence-corrected chi connectivity index (χ3v) is 3.19. The molecule has 1 aromatic rings. The number of nitrogens with two attached hydrogens (primary N) is 1. The molecule has 0 radical (unpaired) electrons. The number of carbonyl (C=O) groups is 2. The lowest BCUT2D eigenvalue weighted by Gasteiger charge is -2.27. The second kappa shape index (κ2) is 8.33. The molecule has 0 unspecified atom stereocenters. The van der Waals surface area contributed by atoms with Gasteiger partial charge in [-0.25, -0.2) is 4.98 Å². The number of carbonyl (C=O) groups excluding carboxylic acids is 2. The molecule has 0 aromatic carbocycles. The van der Waals surface area contributed by atoms with E-state index in [1.54, 1.807) is 12.1 Å². The number of hydrogen-bond acceptors (Lipinski definition) is 7. The van der Waals surface area contributed by atoms with Crippen LogP contribution in [-0.2, 0) is 19.1 Å². The summed E-state index contributed by atoms with van der Waals surface area (Å²) in [6.45, 7) is 2.82. The van der Waals surface area contributed by atoms with Crippen LogP contribution in [0.3, 0.4) is 0 Å². The molecule has 0 fully saturated rings. The Bertz CT molecular complexity index is 564. The zero-order valence-corrected chi connectivity index (χ0v) is 13.1. The minimum Gasteiger partial charge on any atom is -0.480 e. The number of amides is 1. The first-order chi connectivity index (χ1) is 11.1. The van der Waals surface area contributed by atoms with Crippen molar-refractivity contribution in [3.05, 3.63) is 12.1 Å². The third kappa shape index (κ3) is 4.82. The maximum absolute atomic E-state index is 11.9. The number of unbranched alkanes of at least 4 members (excludes halogenated alkanes) is 1. The number of rotatable bonds is 8. The number of esters is 1. The largest absolute Gasteiger partial charge is 0.480 e. The fourth-order valence-electron chi connectivity index (χ4n) is 1.99. The molecule has 1 aliphatic rings. The van der Waals surface area contributed by atoms with E-state index in [1.165, 1.54) is 4.90 Å². The van der Waals surface area contributed by atoms with E-state index in [0.29, 0.717) is 19.0 Å². The van der Waals surface area contributed by atoms with Crippen LogP contribution in [0.5, 0.6) is 5.75 Å². The molecule has 2 heterocycles. The van der Waals surface area contributed by atoms with Gasteiger partial charge in [0.25, 0.3) is 5.91 Å². The van der Waals surface area contributed by atoms with Crippen molar-refractivity contribution in [1.82, 2.24) is 4.98 Å². The van der Waals surface area contributed by atoms with Gasteiger partial charge in [0.05, 0.1) is 6.61 Å². The SMILES string of the molecule is CCCCOCCOC(=O)CN1C(=O)COc2ccc(N)nc21. The van der Waals surface area contributed by atoms with Crippen molar-refractivity contribution in [3.8, 4) is 5.75 Å². The minimum absolute atomic E-state index is 0.147. The van der Waals surface area contributed by atoms with Crippen LogP contribution in [0.4, 0.5) is 11.6 Å². The molecule has 2 N–H and O–H groups in total. The smallest absolute Gasteiger partial charge is 0.326 e. The number of nitrogens with zero attached hydrogens (tertiary/aromatic N) is 2. The molecule has 1 aliphatic heterocycles. The average molecular weight is 323 g/mol. The van der Waals surface area contributed by atoms with E-state index in [9.17, 15) is 9.59 Å². The minimum atomic E-state index is -0.533. The highest BCUT2D eigenvalue weighted by molar-refractivity contribution is 6.00. The molecule has 126 valence electrons. The monoisotopic (exact) mass is 323 g/mol. The van der Waals surface area contributed by atoms with Crippen LogP contribution >= 0.6 is 0 Å². The first-order valence-electron chi connectivity index (χ1n) is 7.55. The van der Waals surface area contributed by atoms with Gasteiger partial charge in [-0.05, 0) is 18.6 Å². The van der Waals surface area contributed by atoms with Crippen LogP contribution in [0.2, 0.25) is 0 Å². The second-order valence-corrected chi connectivity index (χ2v) is 5.01. The van der Waals surface area contributed by atoms with E-state index in [4.69, 9.17) is 19.9 Å². The highest BCUT2D eigenvalue weighted by atomic mass is 16.6. The average Bonchev–Trinajstić information content (AvgIpc) is 2.53. The highest BCUT2D eigenvalue weighted by Gasteiger charge is 2.29. The summed E-state index contributed by atoms with van der Waals surface area (Å²) >= 11 is 0. The van der Waals surface area contributed by atoms with E-state index in [2.05, 4.69) is 11.9 Å². The molecule has 0 aliphatic carbocycles. The molecular weight excluding hydrogens is 302 g/mol. The summed E-state index contributed by atoms with van der Waals surface area (Å²) in [7, 11) is 0. The van der Waals surface area contributed by atoms with Crippen LogP contribution in [0, 0.1) is 0 Å². The van der Waals surface area contributed by atoms with E-state index >= 15 is 0 Å². The third-order valence-electron chi connectivity index (χ3n) is 3.19. The molecule has 0 bridgehead atoms. The lowest BCUT2D eigenvalue weighted by atomic mass is 10.3. The fraction of sp³-hybridized carbons (Fsp3) is 0.533. The lowest BCUT2D eigenvalue weighted by Crippen LogP contribution is -2.43. The van der Waals surface area contributed by atoms with Gasteiger partial charge in [0.1, 0.15) is 19.0 Å². The van der Waals surface area contributed by atoms with Crippen LogP contribution in [0.15, 0.2) is 12.1 Å². The topological polar surface area (TPSA) is 104 Å². The number of aromatic nitrogens is 1. The maximum atomic E-state index is 11.9. The summed E-state index contributed by atoms with van der Waals surface area (Å²) in [6.07, 6.45) is 2.02. The molecule has 1 amide bonds. The van der Waals surface area contributed by atoms with Crippen molar-refractivity contribution in [2.24, 2.45) is 0 Å². The van der Waals surface area contributed by atoms with Gasteiger partial charge in [0.2, 0.25) is 0 Å². The Kier molecular flexibility index (Phi) is 6.16. The van der Waals surface area contributed by atoms with Gasteiger partial charge < -0.3 is 19.9 Å². The normalized spacial score (nSPS) is 13.4. The van der Waals surface area contributed by atoms with Crippen molar-refractivity contribution in [3.63, 3.8) is 0 Å². The Balaban J connectivity index is 1.86. The van der Waals surface area contributed by atoms with Crippen molar-refractivity contribution < 1.29 is 23.8 Å². The van der Waals surface area contributed by atoms with E-state index in [-0.39, 0.29) is 37.3 Å². The molecule has 23 heavy (non-hydrogen) atoms. The van der Waals surface area contributed by atoms with Gasteiger partial charge in [0.15, 0.2) is 18.2 Å². The summed E-state index contributed by atoms with van der Waals surface area (Å²) in [6, 6.07) is 3.18. The summed E-state index contributed by atoms with van der Waals surface area (Å²) < 4.78 is 15.6. The van der Waals surface area contributed by atoms with Crippen molar-refractivity contribution in [1.29, 1.82) is 0 Å². The number of hydrogen-bond donors (Lipinski definition) is 1. The first kappa shape index (κ1) is 17.0. The molecular formula is C15H21N3O5. The molecule has 0 atom stereocenters. The zero-order chi connectivity index (χ0) is 16.7. The molecule has 8 heteroatoms. The van der Waals surface area contributed by atoms with Crippen molar-refractivity contribution in [2.45, 2.75) is 19.8 Å². The van der Waals surface area contributed by atoms with E-state index < -0.39 is 5.97 Å². The van der Waals surface area contributed by atoms with E-state index in [1.807, 2.05) is 0 Å². The van der Waals surface area contributed by atoms with Crippen LogP contribution in [0.1, 0.15) is 19.8 Å². The number of ether oxygens (including phenoxy) is 3. The van der Waals surface area contributed by atoms with Gasteiger partial charge in [-0.2, -0.15) is 0 Å².